The number of nitrogens with zero attached hydrogens (tertiary/aromatic N) is 3. The first-order valence-electron chi connectivity index (χ1n) is 8.88. The summed E-state index contributed by atoms with van der Waals surface area (Å²) >= 11 is 1.54. The number of piperidine rings is 1. The predicted octanol–water partition coefficient (Wildman–Crippen LogP) is 1.48. The highest BCUT2D eigenvalue weighted by atomic mass is 32.1. The lowest BCUT2D eigenvalue weighted by atomic mass is 9.96. The van der Waals surface area contributed by atoms with E-state index < -0.39 is 0 Å². The van der Waals surface area contributed by atoms with Gasteiger partial charge in [-0.3, -0.25) is 14.2 Å². The number of hydrogen-bond acceptors (Lipinski definition) is 5. The van der Waals surface area contributed by atoms with Crippen LogP contribution in [0.15, 0.2) is 17.6 Å². The lowest BCUT2D eigenvalue weighted by molar-refractivity contribution is -0.126. The lowest BCUT2D eigenvalue weighted by Crippen LogP contribution is -2.46. The predicted molar refractivity (Wildman–Crippen MR) is 102 cm³/mol. The summed E-state index contributed by atoms with van der Waals surface area (Å²) in [6.07, 6.45) is 3.39. The summed E-state index contributed by atoms with van der Waals surface area (Å²) in [4.78, 5) is 31.5. The Hall–Kier alpha value is -2.19. The molecule has 3 N–H and O–H groups in total. The van der Waals surface area contributed by atoms with Crippen LogP contribution in [0.2, 0.25) is 0 Å². The standard InChI is InChI=1S/C18H25N5O2S/c1-12-10-15(13(2)23(12)18-21-7-9-26-18)17(25)22-8-3-4-14(11-22)16(24)20-6-5-19/h7,9-10,14H,3-6,8,11,19H2,1-2H3,(H,20,24). The first kappa shape index (κ1) is 18.6. The van der Waals surface area contributed by atoms with Gasteiger partial charge in [-0.1, -0.05) is 0 Å². The topological polar surface area (TPSA) is 93.3 Å². The molecule has 0 radical (unpaired) electrons. The zero-order valence-electron chi connectivity index (χ0n) is 15.2. The third-order valence-corrected chi connectivity index (χ3v) is 5.55. The molecule has 1 atom stereocenters. The van der Waals surface area contributed by atoms with Crippen molar-refractivity contribution in [2.75, 3.05) is 26.2 Å². The third-order valence-electron chi connectivity index (χ3n) is 4.80. The maximum Gasteiger partial charge on any atom is 0.255 e. The molecule has 1 unspecified atom stereocenters. The number of nitrogens with two attached hydrogens (primary N) is 1. The van der Waals surface area contributed by atoms with E-state index in [4.69, 9.17) is 5.73 Å². The van der Waals surface area contributed by atoms with Crippen molar-refractivity contribution in [2.45, 2.75) is 26.7 Å². The molecule has 3 rings (SSSR count). The molecule has 2 aromatic heterocycles. The van der Waals surface area contributed by atoms with Gasteiger partial charge in [0.15, 0.2) is 5.13 Å². The van der Waals surface area contributed by atoms with E-state index >= 15 is 0 Å². The zero-order valence-corrected chi connectivity index (χ0v) is 16.0. The minimum Gasteiger partial charge on any atom is -0.355 e. The molecule has 7 nitrogen and oxygen atoms in total. The van der Waals surface area contributed by atoms with Crippen LogP contribution in [-0.4, -0.2) is 52.4 Å². The minimum absolute atomic E-state index is 0.0128. The van der Waals surface area contributed by atoms with Crippen molar-refractivity contribution in [3.8, 4) is 5.13 Å². The number of aryl methyl sites for hydroxylation is 1. The SMILES string of the molecule is Cc1cc(C(=O)N2CCCC(C(=O)NCCN)C2)c(C)n1-c1nccs1. The first-order chi connectivity index (χ1) is 12.5. The molecule has 0 aliphatic carbocycles. The van der Waals surface area contributed by atoms with Crippen molar-refractivity contribution in [3.63, 3.8) is 0 Å². The van der Waals surface area contributed by atoms with Crippen molar-refractivity contribution in [1.82, 2.24) is 19.8 Å². The van der Waals surface area contributed by atoms with Gasteiger partial charge in [0.25, 0.3) is 5.91 Å². The van der Waals surface area contributed by atoms with Crippen molar-refractivity contribution in [3.05, 3.63) is 34.6 Å². The van der Waals surface area contributed by atoms with Crippen LogP contribution in [0.5, 0.6) is 0 Å². The monoisotopic (exact) mass is 375 g/mol. The maximum absolute atomic E-state index is 13.1. The number of nitrogens with one attached hydrogen (secondary N) is 1. The summed E-state index contributed by atoms with van der Waals surface area (Å²) in [6.45, 7) is 5.94. The Bertz CT molecular complexity index is 784. The number of likely N-dealkylation sites (tertiary alicyclic amines) is 1. The molecule has 3 heterocycles. The van der Waals surface area contributed by atoms with Crippen LogP contribution < -0.4 is 11.1 Å². The molecule has 1 saturated heterocycles. The number of amides is 2. The summed E-state index contributed by atoms with van der Waals surface area (Å²) in [5.41, 5.74) is 7.99. The third kappa shape index (κ3) is 3.66. The fraction of sp³-hybridized carbons (Fsp3) is 0.500. The quantitative estimate of drug-likeness (QED) is 0.828. The van der Waals surface area contributed by atoms with E-state index in [0.717, 1.165) is 29.4 Å². The number of carbonyl (C=O) groups excluding carboxylic acids is 2. The van der Waals surface area contributed by atoms with Gasteiger partial charge in [0.1, 0.15) is 0 Å². The van der Waals surface area contributed by atoms with E-state index in [2.05, 4.69) is 10.3 Å². The molecule has 0 bridgehead atoms. The summed E-state index contributed by atoms with van der Waals surface area (Å²) in [5, 5.41) is 5.61. The van der Waals surface area contributed by atoms with Gasteiger partial charge >= 0.3 is 0 Å². The van der Waals surface area contributed by atoms with Crippen molar-refractivity contribution in [1.29, 1.82) is 0 Å². The second kappa shape index (κ2) is 8.01. The van der Waals surface area contributed by atoms with Gasteiger partial charge < -0.3 is 16.0 Å². The van der Waals surface area contributed by atoms with Gasteiger partial charge in [-0.15, -0.1) is 11.3 Å². The highest BCUT2D eigenvalue weighted by Crippen LogP contribution is 2.25. The van der Waals surface area contributed by atoms with Crippen LogP contribution in [0.4, 0.5) is 0 Å². The molecule has 0 aromatic carbocycles. The van der Waals surface area contributed by atoms with E-state index in [0.29, 0.717) is 31.7 Å². The fourth-order valence-corrected chi connectivity index (χ4v) is 4.24. The second-order valence-electron chi connectivity index (χ2n) is 6.60. The summed E-state index contributed by atoms with van der Waals surface area (Å²) in [6, 6.07) is 1.91. The van der Waals surface area contributed by atoms with Gasteiger partial charge in [-0.05, 0) is 32.8 Å². The van der Waals surface area contributed by atoms with Crippen LogP contribution in [-0.2, 0) is 4.79 Å². The zero-order chi connectivity index (χ0) is 18.7. The molecule has 1 aliphatic rings. The van der Waals surface area contributed by atoms with E-state index in [1.807, 2.05) is 29.9 Å². The number of hydrogen-bond donors (Lipinski definition) is 2. The second-order valence-corrected chi connectivity index (χ2v) is 7.48. The fourth-order valence-electron chi connectivity index (χ4n) is 3.49. The molecule has 0 spiro atoms. The number of thiazole rings is 1. The smallest absolute Gasteiger partial charge is 0.255 e. The Morgan fingerprint density at radius 3 is 2.92 bits per heavy atom. The summed E-state index contributed by atoms with van der Waals surface area (Å²) < 4.78 is 2.01. The van der Waals surface area contributed by atoms with Gasteiger partial charge in [0.05, 0.1) is 11.5 Å². The van der Waals surface area contributed by atoms with E-state index in [9.17, 15) is 9.59 Å². The van der Waals surface area contributed by atoms with Crippen molar-refractivity contribution in [2.24, 2.45) is 11.7 Å². The lowest BCUT2D eigenvalue weighted by Gasteiger charge is -2.32. The normalized spacial score (nSPS) is 17.3. The Kier molecular flexibility index (Phi) is 5.73. The molecule has 1 fully saturated rings. The first-order valence-corrected chi connectivity index (χ1v) is 9.76. The van der Waals surface area contributed by atoms with Crippen LogP contribution in [0.1, 0.15) is 34.6 Å². The Labute approximate surface area is 157 Å². The van der Waals surface area contributed by atoms with Crippen LogP contribution in [0.25, 0.3) is 5.13 Å². The van der Waals surface area contributed by atoms with Gasteiger partial charge in [0, 0.05) is 49.1 Å². The van der Waals surface area contributed by atoms with Crippen LogP contribution in [0, 0.1) is 19.8 Å². The molecule has 2 aromatic rings. The van der Waals surface area contributed by atoms with Crippen LogP contribution in [0.3, 0.4) is 0 Å². The summed E-state index contributed by atoms with van der Waals surface area (Å²) in [5.74, 6) is -0.194. The molecular formula is C18H25N5O2S. The van der Waals surface area contributed by atoms with E-state index in [1.165, 1.54) is 0 Å². The number of rotatable bonds is 5. The maximum atomic E-state index is 13.1. The van der Waals surface area contributed by atoms with Gasteiger partial charge in [0.2, 0.25) is 5.91 Å². The average Bonchev–Trinajstić information content (AvgIpc) is 3.26. The Balaban J connectivity index is 1.77. The van der Waals surface area contributed by atoms with Crippen molar-refractivity contribution >= 4 is 23.2 Å². The highest BCUT2D eigenvalue weighted by molar-refractivity contribution is 7.12. The largest absolute Gasteiger partial charge is 0.355 e. The number of aromatic nitrogens is 2. The van der Waals surface area contributed by atoms with E-state index in [1.54, 1.807) is 22.4 Å². The van der Waals surface area contributed by atoms with Crippen LogP contribution >= 0.6 is 11.3 Å². The highest BCUT2D eigenvalue weighted by Gasteiger charge is 2.30. The molecule has 140 valence electrons. The number of carbonyl (C=O) groups is 2. The molecule has 1 aliphatic heterocycles. The Morgan fingerprint density at radius 2 is 2.23 bits per heavy atom. The van der Waals surface area contributed by atoms with Crippen molar-refractivity contribution < 1.29 is 9.59 Å². The van der Waals surface area contributed by atoms with E-state index in [-0.39, 0.29) is 17.7 Å². The van der Waals surface area contributed by atoms with Gasteiger partial charge in [-0.2, -0.15) is 0 Å². The Morgan fingerprint density at radius 1 is 1.42 bits per heavy atom. The molecule has 0 saturated carbocycles. The molecule has 2 amide bonds. The van der Waals surface area contributed by atoms with Gasteiger partial charge in [-0.25, -0.2) is 4.98 Å². The molecule has 8 heteroatoms. The molecular weight excluding hydrogens is 350 g/mol. The summed E-state index contributed by atoms with van der Waals surface area (Å²) in [7, 11) is 0. The average molecular weight is 375 g/mol. The minimum atomic E-state index is -0.165. The molecule has 26 heavy (non-hydrogen) atoms.